The van der Waals surface area contributed by atoms with E-state index in [1.807, 2.05) is 48.7 Å². The first kappa shape index (κ1) is 20.1. The molecule has 7 nitrogen and oxygen atoms in total. The number of methoxy groups -OCH3 is 2. The molecular formula is C22H23N3O4. The summed E-state index contributed by atoms with van der Waals surface area (Å²) in [5.74, 6) is 0.0931. The minimum Gasteiger partial charge on any atom is -0.497 e. The van der Waals surface area contributed by atoms with E-state index in [0.717, 1.165) is 16.8 Å². The van der Waals surface area contributed by atoms with E-state index in [2.05, 4.69) is 10.4 Å². The fraction of sp³-hybridized carbons (Fsp3) is 0.227. The van der Waals surface area contributed by atoms with Gasteiger partial charge in [-0.05, 0) is 35.4 Å². The van der Waals surface area contributed by atoms with E-state index in [0.29, 0.717) is 5.75 Å². The van der Waals surface area contributed by atoms with Crippen molar-refractivity contribution in [3.05, 3.63) is 78.1 Å². The Labute approximate surface area is 169 Å². The molecule has 1 heterocycles. The van der Waals surface area contributed by atoms with Gasteiger partial charge in [0.05, 0.1) is 45.0 Å². The predicted octanol–water partition coefficient (Wildman–Crippen LogP) is 2.84. The van der Waals surface area contributed by atoms with Gasteiger partial charge in [0.15, 0.2) is 0 Å². The summed E-state index contributed by atoms with van der Waals surface area (Å²) in [5, 5.41) is 7.22. The van der Waals surface area contributed by atoms with Crippen molar-refractivity contribution in [3.8, 4) is 11.4 Å². The van der Waals surface area contributed by atoms with Crippen LogP contribution in [0.2, 0.25) is 0 Å². The molecule has 3 rings (SSSR count). The molecule has 150 valence electrons. The van der Waals surface area contributed by atoms with E-state index in [-0.39, 0.29) is 18.7 Å². The quantitative estimate of drug-likeness (QED) is 0.595. The van der Waals surface area contributed by atoms with Gasteiger partial charge in [-0.1, -0.05) is 30.3 Å². The number of hydrogen-bond donors (Lipinski definition) is 1. The van der Waals surface area contributed by atoms with E-state index in [1.54, 1.807) is 30.1 Å². The van der Waals surface area contributed by atoms with Crippen molar-refractivity contribution in [1.29, 1.82) is 0 Å². The SMILES string of the molecule is COC(=O)CC(NC(=O)Cc1cnn(-c2ccccc2)c1)c1ccc(OC)cc1. The maximum Gasteiger partial charge on any atom is 0.307 e. The van der Waals surface area contributed by atoms with Gasteiger partial charge in [-0.25, -0.2) is 4.68 Å². The molecule has 0 bridgehead atoms. The standard InChI is InChI=1S/C22H23N3O4/c1-28-19-10-8-17(9-11-19)20(13-22(27)29-2)24-21(26)12-16-14-23-25(15-16)18-6-4-3-5-7-18/h3-11,14-15,20H,12-13H2,1-2H3,(H,24,26). The molecule has 3 aromatic rings. The molecule has 29 heavy (non-hydrogen) atoms. The molecule has 0 radical (unpaired) electrons. The highest BCUT2D eigenvalue weighted by atomic mass is 16.5. The Morgan fingerprint density at radius 3 is 2.45 bits per heavy atom. The van der Waals surface area contributed by atoms with Crippen molar-refractivity contribution in [2.75, 3.05) is 14.2 Å². The number of aromatic nitrogens is 2. The lowest BCUT2D eigenvalue weighted by Gasteiger charge is -2.18. The molecule has 0 aliphatic heterocycles. The molecule has 1 atom stereocenters. The van der Waals surface area contributed by atoms with Crippen molar-refractivity contribution in [1.82, 2.24) is 15.1 Å². The Morgan fingerprint density at radius 1 is 1.07 bits per heavy atom. The minimum absolute atomic E-state index is 0.0395. The van der Waals surface area contributed by atoms with Crippen LogP contribution < -0.4 is 10.1 Å². The summed E-state index contributed by atoms with van der Waals surface area (Å²) in [7, 11) is 2.91. The minimum atomic E-state index is -0.495. The molecule has 0 aliphatic rings. The molecule has 1 amide bonds. The topological polar surface area (TPSA) is 82.5 Å². The van der Waals surface area contributed by atoms with Gasteiger partial charge in [-0.2, -0.15) is 5.10 Å². The summed E-state index contributed by atoms with van der Waals surface area (Å²) < 4.78 is 11.7. The Balaban J connectivity index is 1.69. The van der Waals surface area contributed by atoms with Crippen LogP contribution in [0.15, 0.2) is 67.0 Å². The lowest BCUT2D eigenvalue weighted by molar-refractivity contribution is -0.141. The summed E-state index contributed by atoms with van der Waals surface area (Å²) in [6.45, 7) is 0. The van der Waals surface area contributed by atoms with Crippen LogP contribution in [-0.2, 0) is 20.7 Å². The third-order valence-electron chi connectivity index (χ3n) is 4.47. The van der Waals surface area contributed by atoms with Crippen molar-refractivity contribution in [2.24, 2.45) is 0 Å². The molecule has 1 N–H and O–H groups in total. The number of carbonyl (C=O) groups is 2. The normalized spacial score (nSPS) is 11.5. The number of carbonyl (C=O) groups excluding carboxylic acids is 2. The first-order chi connectivity index (χ1) is 14.1. The van der Waals surface area contributed by atoms with Crippen LogP contribution in [0.4, 0.5) is 0 Å². The van der Waals surface area contributed by atoms with Gasteiger partial charge in [0.2, 0.25) is 5.91 Å². The Morgan fingerprint density at radius 2 is 1.79 bits per heavy atom. The van der Waals surface area contributed by atoms with E-state index in [9.17, 15) is 9.59 Å². The molecule has 0 aliphatic carbocycles. The lowest BCUT2D eigenvalue weighted by Crippen LogP contribution is -2.31. The zero-order chi connectivity index (χ0) is 20.6. The van der Waals surface area contributed by atoms with E-state index in [4.69, 9.17) is 9.47 Å². The first-order valence-electron chi connectivity index (χ1n) is 9.18. The van der Waals surface area contributed by atoms with Crippen LogP contribution in [0.25, 0.3) is 5.69 Å². The van der Waals surface area contributed by atoms with Gasteiger partial charge in [0, 0.05) is 6.20 Å². The molecule has 1 unspecified atom stereocenters. The van der Waals surface area contributed by atoms with Crippen molar-refractivity contribution < 1.29 is 19.1 Å². The predicted molar refractivity (Wildman–Crippen MR) is 108 cm³/mol. The average molecular weight is 393 g/mol. The number of ether oxygens (including phenoxy) is 2. The summed E-state index contributed by atoms with van der Waals surface area (Å²) >= 11 is 0. The van der Waals surface area contributed by atoms with Gasteiger partial charge in [-0.15, -0.1) is 0 Å². The molecule has 0 saturated heterocycles. The third-order valence-corrected chi connectivity index (χ3v) is 4.47. The molecule has 0 saturated carbocycles. The summed E-state index contributed by atoms with van der Waals surface area (Å²) in [4.78, 5) is 24.4. The number of para-hydroxylation sites is 1. The number of esters is 1. The maximum atomic E-state index is 12.6. The van der Waals surface area contributed by atoms with Crippen LogP contribution in [-0.4, -0.2) is 35.9 Å². The number of amides is 1. The van der Waals surface area contributed by atoms with Crippen LogP contribution in [0, 0.1) is 0 Å². The van der Waals surface area contributed by atoms with Crippen molar-refractivity contribution >= 4 is 11.9 Å². The van der Waals surface area contributed by atoms with Gasteiger partial charge in [-0.3, -0.25) is 9.59 Å². The number of hydrogen-bond acceptors (Lipinski definition) is 5. The zero-order valence-corrected chi connectivity index (χ0v) is 16.4. The smallest absolute Gasteiger partial charge is 0.307 e. The maximum absolute atomic E-state index is 12.6. The molecular weight excluding hydrogens is 370 g/mol. The van der Waals surface area contributed by atoms with Gasteiger partial charge < -0.3 is 14.8 Å². The number of nitrogens with zero attached hydrogens (tertiary/aromatic N) is 2. The summed E-state index contributed by atoms with van der Waals surface area (Å²) in [5.41, 5.74) is 2.49. The highest BCUT2D eigenvalue weighted by molar-refractivity contribution is 5.80. The number of nitrogens with one attached hydrogen (secondary N) is 1. The van der Waals surface area contributed by atoms with E-state index >= 15 is 0 Å². The molecule has 0 spiro atoms. The summed E-state index contributed by atoms with van der Waals surface area (Å²) in [6.07, 6.45) is 3.67. The van der Waals surface area contributed by atoms with Gasteiger partial charge in [0.25, 0.3) is 0 Å². The van der Waals surface area contributed by atoms with E-state index in [1.165, 1.54) is 7.11 Å². The van der Waals surface area contributed by atoms with Crippen LogP contribution in [0.3, 0.4) is 0 Å². The Hall–Kier alpha value is -3.61. The van der Waals surface area contributed by atoms with Crippen LogP contribution in [0.1, 0.15) is 23.6 Å². The fourth-order valence-corrected chi connectivity index (χ4v) is 2.94. The number of benzene rings is 2. The zero-order valence-electron chi connectivity index (χ0n) is 16.4. The molecule has 7 heteroatoms. The summed E-state index contributed by atoms with van der Waals surface area (Å²) in [6, 6.07) is 16.4. The largest absolute Gasteiger partial charge is 0.497 e. The average Bonchev–Trinajstić information content (AvgIpc) is 3.22. The third kappa shape index (κ3) is 5.44. The first-order valence-corrected chi connectivity index (χ1v) is 9.18. The van der Waals surface area contributed by atoms with Crippen molar-refractivity contribution in [3.63, 3.8) is 0 Å². The Kier molecular flexibility index (Phi) is 6.63. The molecule has 1 aromatic heterocycles. The Bertz CT molecular complexity index is 952. The van der Waals surface area contributed by atoms with Gasteiger partial charge >= 0.3 is 5.97 Å². The van der Waals surface area contributed by atoms with Crippen LogP contribution in [0.5, 0.6) is 5.75 Å². The van der Waals surface area contributed by atoms with E-state index < -0.39 is 12.0 Å². The lowest BCUT2D eigenvalue weighted by atomic mass is 10.0. The molecule has 2 aromatic carbocycles. The highest BCUT2D eigenvalue weighted by Gasteiger charge is 2.19. The monoisotopic (exact) mass is 393 g/mol. The van der Waals surface area contributed by atoms with Crippen LogP contribution >= 0.6 is 0 Å². The highest BCUT2D eigenvalue weighted by Crippen LogP contribution is 2.21. The van der Waals surface area contributed by atoms with Gasteiger partial charge in [0.1, 0.15) is 5.75 Å². The fourth-order valence-electron chi connectivity index (χ4n) is 2.94. The second-order valence-electron chi connectivity index (χ2n) is 6.48. The van der Waals surface area contributed by atoms with Crippen molar-refractivity contribution in [2.45, 2.75) is 18.9 Å². The molecule has 0 fully saturated rings. The second kappa shape index (κ2) is 9.54. The second-order valence-corrected chi connectivity index (χ2v) is 6.48. The number of rotatable bonds is 8.